The second-order valence-electron chi connectivity index (χ2n) is 3.99. The van der Waals surface area contributed by atoms with Gasteiger partial charge in [-0.05, 0) is 12.1 Å². The van der Waals surface area contributed by atoms with Gasteiger partial charge in [-0.25, -0.2) is 0 Å². The maximum atomic E-state index is 12.0. The van der Waals surface area contributed by atoms with Gasteiger partial charge in [0.2, 0.25) is 0 Å². The fourth-order valence-electron chi connectivity index (χ4n) is 1.60. The number of carbonyl (C=O) groups excluding carboxylic acids is 1. The van der Waals surface area contributed by atoms with E-state index in [2.05, 4.69) is 10.4 Å². The second kappa shape index (κ2) is 6.01. The van der Waals surface area contributed by atoms with Crippen LogP contribution in [-0.2, 0) is 7.05 Å². The molecule has 0 atom stereocenters. The zero-order valence-electron chi connectivity index (χ0n) is 10.7. The molecule has 1 heterocycles. The van der Waals surface area contributed by atoms with Crippen molar-refractivity contribution in [2.75, 3.05) is 18.5 Å². The van der Waals surface area contributed by atoms with Crippen LogP contribution in [0.25, 0.3) is 0 Å². The number of hydrogen-bond donors (Lipinski definition) is 2. The van der Waals surface area contributed by atoms with Gasteiger partial charge in [0.05, 0.1) is 17.4 Å². The summed E-state index contributed by atoms with van der Waals surface area (Å²) >= 11 is 0. The molecule has 0 saturated carbocycles. The van der Waals surface area contributed by atoms with E-state index in [-0.39, 0.29) is 5.91 Å². The monoisotopic (exact) mass is 260 g/mol. The number of aryl methyl sites for hydroxylation is 1. The van der Waals surface area contributed by atoms with Crippen LogP contribution in [0, 0.1) is 0 Å². The molecule has 0 radical (unpaired) electrons. The summed E-state index contributed by atoms with van der Waals surface area (Å²) in [5.74, 6) is 0.377. The van der Waals surface area contributed by atoms with Crippen LogP contribution < -0.4 is 15.8 Å². The van der Waals surface area contributed by atoms with Gasteiger partial charge in [-0.3, -0.25) is 9.48 Å². The smallest absolute Gasteiger partial charge is 0.258 e. The highest BCUT2D eigenvalue weighted by Gasteiger charge is 2.10. The summed E-state index contributed by atoms with van der Waals surface area (Å²) in [6.45, 7) is 0.824. The SMILES string of the molecule is Cn1cc(C(=O)Nc2ccccc2OCCN)cn1. The van der Waals surface area contributed by atoms with E-state index in [9.17, 15) is 4.79 Å². The summed E-state index contributed by atoms with van der Waals surface area (Å²) in [5, 5.41) is 6.75. The molecule has 1 aromatic heterocycles. The zero-order chi connectivity index (χ0) is 13.7. The molecule has 100 valence electrons. The summed E-state index contributed by atoms with van der Waals surface area (Å²) in [5.41, 5.74) is 6.51. The van der Waals surface area contributed by atoms with Gasteiger partial charge in [-0.15, -0.1) is 0 Å². The van der Waals surface area contributed by atoms with Gasteiger partial charge in [-0.2, -0.15) is 5.10 Å². The first-order chi connectivity index (χ1) is 9.20. The van der Waals surface area contributed by atoms with Gasteiger partial charge < -0.3 is 15.8 Å². The number of carbonyl (C=O) groups is 1. The lowest BCUT2D eigenvalue weighted by Gasteiger charge is -2.11. The third kappa shape index (κ3) is 3.32. The summed E-state index contributed by atoms with van der Waals surface area (Å²) in [6, 6.07) is 7.23. The maximum Gasteiger partial charge on any atom is 0.258 e. The topological polar surface area (TPSA) is 82.2 Å². The Kier molecular flexibility index (Phi) is 4.15. The zero-order valence-corrected chi connectivity index (χ0v) is 10.7. The van der Waals surface area contributed by atoms with Crippen LogP contribution in [0.3, 0.4) is 0 Å². The molecule has 1 aromatic carbocycles. The lowest BCUT2D eigenvalue weighted by Crippen LogP contribution is -2.14. The normalized spacial score (nSPS) is 10.2. The van der Waals surface area contributed by atoms with E-state index in [4.69, 9.17) is 10.5 Å². The van der Waals surface area contributed by atoms with Crippen molar-refractivity contribution in [2.24, 2.45) is 12.8 Å². The molecule has 1 amide bonds. The van der Waals surface area contributed by atoms with E-state index in [0.717, 1.165) is 0 Å². The van der Waals surface area contributed by atoms with E-state index < -0.39 is 0 Å². The van der Waals surface area contributed by atoms with Gasteiger partial charge in [0.1, 0.15) is 12.4 Å². The molecule has 0 spiro atoms. The number of benzene rings is 1. The Morgan fingerprint density at radius 1 is 1.47 bits per heavy atom. The number of nitrogens with zero attached hydrogens (tertiary/aromatic N) is 2. The van der Waals surface area contributed by atoms with Gasteiger partial charge in [0.25, 0.3) is 5.91 Å². The molecule has 0 aliphatic rings. The first-order valence-electron chi connectivity index (χ1n) is 5.92. The van der Waals surface area contributed by atoms with E-state index in [0.29, 0.717) is 30.2 Å². The number of aromatic nitrogens is 2. The largest absolute Gasteiger partial charge is 0.490 e. The molecule has 0 bridgehead atoms. The fraction of sp³-hybridized carbons (Fsp3) is 0.231. The molecule has 6 heteroatoms. The third-order valence-electron chi connectivity index (χ3n) is 2.48. The van der Waals surface area contributed by atoms with E-state index in [1.807, 2.05) is 12.1 Å². The molecular formula is C13H16N4O2. The lowest BCUT2D eigenvalue weighted by atomic mass is 10.2. The number of nitrogens with one attached hydrogen (secondary N) is 1. The van der Waals surface area contributed by atoms with Crippen LogP contribution in [0.4, 0.5) is 5.69 Å². The van der Waals surface area contributed by atoms with Gasteiger partial charge in [-0.1, -0.05) is 12.1 Å². The van der Waals surface area contributed by atoms with Crippen LogP contribution in [0.5, 0.6) is 5.75 Å². The number of para-hydroxylation sites is 2. The highest BCUT2D eigenvalue weighted by Crippen LogP contribution is 2.24. The van der Waals surface area contributed by atoms with Gasteiger partial charge in [0.15, 0.2) is 0 Å². The van der Waals surface area contributed by atoms with Gasteiger partial charge in [0, 0.05) is 19.8 Å². The molecule has 19 heavy (non-hydrogen) atoms. The molecule has 3 N–H and O–H groups in total. The van der Waals surface area contributed by atoms with Gasteiger partial charge >= 0.3 is 0 Å². The van der Waals surface area contributed by atoms with E-state index in [1.165, 1.54) is 6.20 Å². The van der Waals surface area contributed by atoms with Crippen LogP contribution in [-0.4, -0.2) is 28.8 Å². The Balaban J connectivity index is 2.12. The summed E-state index contributed by atoms with van der Waals surface area (Å²) in [6.07, 6.45) is 3.16. The summed E-state index contributed by atoms with van der Waals surface area (Å²) < 4.78 is 7.04. The Labute approximate surface area is 111 Å². The first-order valence-corrected chi connectivity index (χ1v) is 5.92. The number of amides is 1. The Morgan fingerprint density at radius 2 is 2.26 bits per heavy atom. The summed E-state index contributed by atoms with van der Waals surface area (Å²) in [4.78, 5) is 12.0. The van der Waals surface area contributed by atoms with Crippen molar-refractivity contribution in [3.05, 3.63) is 42.2 Å². The average Bonchev–Trinajstić information content (AvgIpc) is 2.84. The minimum atomic E-state index is -0.225. The fourth-order valence-corrected chi connectivity index (χ4v) is 1.60. The Morgan fingerprint density at radius 3 is 2.95 bits per heavy atom. The number of hydrogen-bond acceptors (Lipinski definition) is 4. The Hall–Kier alpha value is -2.34. The second-order valence-corrected chi connectivity index (χ2v) is 3.99. The van der Waals surface area contributed by atoms with E-state index in [1.54, 1.807) is 30.1 Å². The number of rotatable bonds is 5. The highest BCUT2D eigenvalue weighted by molar-refractivity contribution is 6.04. The summed E-state index contributed by atoms with van der Waals surface area (Å²) in [7, 11) is 1.76. The number of nitrogens with two attached hydrogens (primary N) is 1. The van der Waals surface area contributed by atoms with Crippen molar-refractivity contribution in [1.29, 1.82) is 0 Å². The number of anilines is 1. The molecule has 0 fully saturated rings. The van der Waals surface area contributed by atoms with Crippen molar-refractivity contribution in [3.8, 4) is 5.75 Å². The van der Waals surface area contributed by atoms with Crippen LogP contribution in [0.15, 0.2) is 36.7 Å². The molecule has 2 aromatic rings. The van der Waals surface area contributed by atoms with Crippen LogP contribution >= 0.6 is 0 Å². The molecular weight excluding hydrogens is 244 g/mol. The molecule has 6 nitrogen and oxygen atoms in total. The average molecular weight is 260 g/mol. The minimum Gasteiger partial charge on any atom is -0.490 e. The van der Waals surface area contributed by atoms with Crippen molar-refractivity contribution in [2.45, 2.75) is 0 Å². The highest BCUT2D eigenvalue weighted by atomic mass is 16.5. The molecule has 0 aliphatic carbocycles. The van der Waals surface area contributed by atoms with E-state index >= 15 is 0 Å². The lowest BCUT2D eigenvalue weighted by molar-refractivity contribution is 0.102. The Bertz CT molecular complexity index is 565. The predicted octanol–water partition coefficient (Wildman–Crippen LogP) is 1.01. The van der Waals surface area contributed by atoms with Crippen LogP contribution in [0.1, 0.15) is 10.4 Å². The molecule has 0 aliphatic heterocycles. The maximum absolute atomic E-state index is 12.0. The third-order valence-corrected chi connectivity index (χ3v) is 2.48. The molecule has 2 rings (SSSR count). The quantitative estimate of drug-likeness (QED) is 0.840. The van der Waals surface area contributed by atoms with Crippen molar-refractivity contribution in [3.63, 3.8) is 0 Å². The van der Waals surface area contributed by atoms with Crippen molar-refractivity contribution >= 4 is 11.6 Å². The number of ether oxygens (including phenoxy) is 1. The molecule has 0 saturated heterocycles. The van der Waals surface area contributed by atoms with Crippen LogP contribution in [0.2, 0.25) is 0 Å². The first kappa shape index (κ1) is 13.1. The molecule has 0 unspecified atom stereocenters. The standard InChI is InChI=1S/C13H16N4O2/c1-17-9-10(8-15-17)13(18)16-11-4-2-3-5-12(11)19-7-6-14/h2-5,8-9H,6-7,14H2,1H3,(H,16,18). The minimum absolute atomic E-state index is 0.225. The predicted molar refractivity (Wildman–Crippen MR) is 72.2 cm³/mol. The van der Waals surface area contributed by atoms with Crippen molar-refractivity contribution in [1.82, 2.24) is 9.78 Å². The van der Waals surface area contributed by atoms with Crippen molar-refractivity contribution < 1.29 is 9.53 Å².